The van der Waals surface area contributed by atoms with Gasteiger partial charge in [-0.15, -0.1) is 0 Å². The predicted octanol–water partition coefficient (Wildman–Crippen LogP) is 2.45. The van der Waals surface area contributed by atoms with E-state index >= 15 is 0 Å². The van der Waals surface area contributed by atoms with Gasteiger partial charge in [0.2, 0.25) is 5.78 Å². The molecule has 0 aliphatic rings. The van der Waals surface area contributed by atoms with E-state index in [1.165, 1.54) is 5.56 Å². The van der Waals surface area contributed by atoms with E-state index in [0.29, 0.717) is 19.5 Å². The summed E-state index contributed by atoms with van der Waals surface area (Å²) in [6.07, 6.45) is 1.91. The number of hydrogen-bond donors (Lipinski definition) is 0. The topological polar surface area (TPSA) is 37.4 Å². The van der Waals surface area contributed by atoms with Gasteiger partial charge in [0.15, 0.2) is 0 Å². The van der Waals surface area contributed by atoms with Crippen molar-refractivity contribution in [3.05, 3.63) is 35.9 Å². The van der Waals surface area contributed by atoms with Gasteiger partial charge in [0.1, 0.15) is 0 Å². The first kappa shape index (κ1) is 14.4. The molecular formula is C15H21NO2. The summed E-state index contributed by atoms with van der Waals surface area (Å²) < 4.78 is 0. The molecule has 1 aromatic rings. The van der Waals surface area contributed by atoms with E-state index in [1.807, 2.05) is 44.2 Å². The lowest BCUT2D eigenvalue weighted by Crippen LogP contribution is -2.36. The Morgan fingerprint density at radius 1 is 1.06 bits per heavy atom. The van der Waals surface area contributed by atoms with Crippen molar-refractivity contribution in [3.63, 3.8) is 0 Å². The quantitative estimate of drug-likeness (QED) is 0.694. The van der Waals surface area contributed by atoms with Gasteiger partial charge >= 0.3 is 0 Å². The summed E-state index contributed by atoms with van der Waals surface area (Å²) >= 11 is 0. The number of hydrogen-bond acceptors (Lipinski definition) is 2. The van der Waals surface area contributed by atoms with Gasteiger partial charge in [-0.1, -0.05) is 30.3 Å². The van der Waals surface area contributed by atoms with Crippen LogP contribution >= 0.6 is 0 Å². The van der Waals surface area contributed by atoms with E-state index in [-0.39, 0.29) is 11.7 Å². The number of ketones is 1. The molecule has 18 heavy (non-hydrogen) atoms. The Morgan fingerprint density at radius 3 is 2.22 bits per heavy atom. The normalized spacial score (nSPS) is 10.1. The van der Waals surface area contributed by atoms with Gasteiger partial charge in [-0.2, -0.15) is 0 Å². The van der Waals surface area contributed by atoms with E-state index in [9.17, 15) is 9.59 Å². The molecule has 0 fully saturated rings. The van der Waals surface area contributed by atoms with Crippen LogP contribution in [-0.2, 0) is 16.0 Å². The molecule has 0 saturated carbocycles. The van der Waals surface area contributed by atoms with Crippen LogP contribution in [0.25, 0.3) is 0 Å². The Labute approximate surface area is 109 Å². The second-order valence-corrected chi connectivity index (χ2v) is 4.24. The van der Waals surface area contributed by atoms with E-state index in [2.05, 4.69) is 0 Å². The highest BCUT2D eigenvalue weighted by Crippen LogP contribution is 2.05. The summed E-state index contributed by atoms with van der Waals surface area (Å²) in [5.41, 5.74) is 1.21. The molecule has 0 atom stereocenters. The Balaban J connectivity index is 2.35. The molecule has 0 aliphatic heterocycles. The molecule has 1 amide bonds. The van der Waals surface area contributed by atoms with E-state index in [4.69, 9.17) is 0 Å². The smallest absolute Gasteiger partial charge is 0.289 e. The van der Waals surface area contributed by atoms with Gasteiger partial charge in [-0.3, -0.25) is 9.59 Å². The zero-order chi connectivity index (χ0) is 13.4. The molecule has 3 nitrogen and oxygen atoms in total. The minimum atomic E-state index is -0.340. The van der Waals surface area contributed by atoms with Gasteiger partial charge in [0, 0.05) is 19.5 Å². The Morgan fingerprint density at radius 2 is 1.67 bits per heavy atom. The summed E-state index contributed by atoms with van der Waals surface area (Å²) in [6, 6.07) is 10.0. The molecule has 0 heterocycles. The van der Waals surface area contributed by atoms with Crippen LogP contribution in [-0.4, -0.2) is 29.7 Å². The maximum absolute atomic E-state index is 11.7. The lowest BCUT2D eigenvalue weighted by molar-refractivity contribution is -0.144. The van der Waals surface area contributed by atoms with Crippen LogP contribution in [0.5, 0.6) is 0 Å². The van der Waals surface area contributed by atoms with Crippen molar-refractivity contribution >= 4 is 11.7 Å². The minimum absolute atomic E-state index is 0.269. The average molecular weight is 247 g/mol. The van der Waals surface area contributed by atoms with Gasteiger partial charge in [-0.25, -0.2) is 0 Å². The van der Waals surface area contributed by atoms with Crippen LogP contribution in [0.3, 0.4) is 0 Å². The fraction of sp³-hybridized carbons (Fsp3) is 0.467. The summed E-state index contributed by atoms with van der Waals surface area (Å²) in [5, 5.41) is 0. The number of aryl methyl sites for hydroxylation is 1. The molecule has 1 aromatic carbocycles. The first-order valence-corrected chi connectivity index (χ1v) is 6.55. The third-order valence-corrected chi connectivity index (χ3v) is 3.00. The zero-order valence-corrected chi connectivity index (χ0v) is 11.2. The van der Waals surface area contributed by atoms with E-state index in [0.717, 1.165) is 12.8 Å². The highest BCUT2D eigenvalue weighted by Gasteiger charge is 2.18. The zero-order valence-electron chi connectivity index (χ0n) is 11.2. The van der Waals surface area contributed by atoms with Crippen molar-refractivity contribution in [1.82, 2.24) is 4.90 Å². The number of carbonyl (C=O) groups is 2. The van der Waals surface area contributed by atoms with Crippen LogP contribution < -0.4 is 0 Å². The van der Waals surface area contributed by atoms with Crippen LogP contribution in [0.1, 0.15) is 32.3 Å². The average Bonchev–Trinajstić information content (AvgIpc) is 2.41. The first-order chi connectivity index (χ1) is 8.69. The lowest BCUT2D eigenvalue weighted by Gasteiger charge is -2.17. The molecule has 0 aromatic heterocycles. The largest absolute Gasteiger partial charge is 0.337 e. The number of Topliss-reactive ketones (excluding diaryl/α,β-unsaturated/α-hetero) is 1. The predicted molar refractivity (Wildman–Crippen MR) is 72.3 cm³/mol. The van der Waals surface area contributed by atoms with Crippen LogP contribution in [0, 0.1) is 0 Å². The molecule has 0 bridgehead atoms. The molecule has 0 N–H and O–H groups in total. The molecule has 98 valence electrons. The molecule has 0 radical (unpaired) electrons. The van der Waals surface area contributed by atoms with Crippen molar-refractivity contribution in [2.45, 2.75) is 33.1 Å². The number of benzene rings is 1. The highest BCUT2D eigenvalue weighted by atomic mass is 16.2. The number of carbonyl (C=O) groups excluding carboxylic acids is 2. The summed E-state index contributed by atoms with van der Waals surface area (Å²) in [6.45, 7) is 4.97. The number of nitrogens with zero attached hydrogens (tertiary/aromatic N) is 1. The van der Waals surface area contributed by atoms with Gasteiger partial charge < -0.3 is 4.90 Å². The van der Waals surface area contributed by atoms with Crippen LogP contribution in [0.4, 0.5) is 0 Å². The standard InChI is InChI=1S/C15H21NO2/c1-3-16(4-2)15(18)14(17)12-8-11-13-9-6-5-7-10-13/h5-7,9-10H,3-4,8,11-12H2,1-2H3. The first-order valence-electron chi connectivity index (χ1n) is 6.55. The maximum Gasteiger partial charge on any atom is 0.289 e. The van der Waals surface area contributed by atoms with Crippen molar-refractivity contribution in [3.8, 4) is 0 Å². The Hall–Kier alpha value is -1.64. The van der Waals surface area contributed by atoms with E-state index in [1.54, 1.807) is 4.90 Å². The van der Waals surface area contributed by atoms with Crippen molar-refractivity contribution in [2.24, 2.45) is 0 Å². The van der Waals surface area contributed by atoms with Crippen molar-refractivity contribution < 1.29 is 9.59 Å². The van der Waals surface area contributed by atoms with Gasteiger partial charge in [0.25, 0.3) is 5.91 Å². The maximum atomic E-state index is 11.7. The molecule has 0 spiro atoms. The summed E-state index contributed by atoms with van der Waals surface area (Å²) in [4.78, 5) is 25.0. The van der Waals surface area contributed by atoms with Crippen LogP contribution in [0.15, 0.2) is 30.3 Å². The lowest BCUT2D eigenvalue weighted by atomic mass is 10.1. The highest BCUT2D eigenvalue weighted by molar-refractivity contribution is 6.36. The Kier molecular flexibility index (Phi) is 6.12. The Bertz CT molecular complexity index is 383. The number of likely N-dealkylation sites (N-methyl/N-ethyl adjacent to an activating group) is 1. The number of amides is 1. The monoisotopic (exact) mass is 247 g/mol. The third-order valence-electron chi connectivity index (χ3n) is 3.00. The van der Waals surface area contributed by atoms with Gasteiger partial charge in [0.05, 0.1) is 0 Å². The SMILES string of the molecule is CCN(CC)C(=O)C(=O)CCCc1ccccc1. The molecular weight excluding hydrogens is 226 g/mol. The number of rotatable bonds is 7. The third kappa shape index (κ3) is 4.32. The summed E-state index contributed by atoms with van der Waals surface area (Å²) in [7, 11) is 0. The molecule has 3 heteroatoms. The second-order valence-electron chi connectivity index (χ2n) is 4.24. The molecule has 1 rings (SSSR count). The fourth-order valence-electron chi connectivity index (χ4n) is 1.89. The molecule has 0 saturated heterocycles. The fourth-order valence-corrected chi connectivity index (χ4v) is 1.89. The second kappa shape index (κ2) is 7.64. The molecule has 0 aliphatic carbocycles. The van der Waals surface area contributed by atoms with Gasteiger partial charge in [-0.05, 0) is 32.3 Å². The van der Waals surface area contributed by atoms with Crippen LogP contribution in [0.2, 0.25) is 0 Å². The molecule has 0 unspecified atom stereocenters. The summed E-state index contributed by atoms with van der Waals surface area (Å²) in [5.74, 6) is -0.609. The van der Waals surface area contributed by atoms with Crippen molar-refractivity contribution in [1.29, 1.82) is 0 Å². The van der Waals surface area contributed by atoms with Crippen molar-refractivity contribution in [2.75, 3.05) is 13.1 Å². The minimum Gasteiger partial charge on any atom is -0.337 e. The van der Waals surface area contributed by atoms with E-state index < -0.39 is 0 Å².